The zero-order valence-electron chi connectivity index (χ0n) is 13.2. The molecule has 0 spiro atoms. The number of β-amino-alcohol motifs (C(OH)–C–C–N with tert-alkyl or cyclic N) is 1. The van der Waals surface area contributed by atoms with Crippen molar-refractivity contribution >= 4 is 0 Å². The van der Waals surface area contributed by atoms with Gasteiger partial charge in [0.15, 0.2) is 11.6 Å². The Morgan fingerprint density at radius 3 is 2.50 bits per heavy atom. The minimum atomic E-state index is -0.785. The van der Waals surface area contributed by atoms with Gasteiger partial charge < -0.3 is 5.11 Å². The van der Waals surface area contributed by atoms with Crippen LogP contribution in [0.3, 0.4) is 0 Å². The van der Waals surface area contributed by atoms with E-state index in [1.54, 1.807) is 6.07 Å². The highest BCUT2D eigenvalue weighted by Gasteiger charge is 2.37. The number of nitrogens with zero attached hydrogens (tertiary/aromatic N) is 1. The summed E-state index contributed by atoms with van der Waals surface area (Å²) < 4.78 is 26.1. The van der Waals surface area contributed by atoms with Crippen molar-refractivity contribution in [3.8, 4) is 0 Å². The summed E-state index contributed by atoms with van der Waals surface area (Å²) >= 11 is 0. The highest BCUT2D eigenvalue weighted by Crippen LogP contribution is 2.34. The molecule has 1 aromatic rings. The second-order valence-electron chi connectivity index (χ2n) is 7.42. The molecule has 1 N–H and O–H groups in total. The highest BCUT2D eigenvalue weighted by molar-refractivity contribution is 5.19. The predicted octanol–water partition coefficient (Wildman–Crippen LogP) is 3.38. The number of rotatable bonds is 4. The summed E-state index contributed by atoms with van der Waals surface area (Å²) in [5, 5.41) is 10.6. The fourth-order valence-electron chi connectivity index (χ4n) is 3.81. The van der Waals surface area contributed by atoms with E-state index in [-0.39, 0.29) is 0 Å². The number of hydrogen-bond donors (Lipinski definition) is 1. The Labute approximate surface area is 131 Å². The molecule has 0 radical (unpaired) electrons. The molecule has 4 heteroatoms. The molecule has 0 aromatic heterocycles. The molecule has 1 aliphatic heterocycles. The summed E-state index contributed by atoms with van der Waals surface area (Å²) in [5.74, 6) is -0.333. The maximum absolute atomic E-state index is 13.2. The summed E-state index contributed by atoms with van der Waals surface area (Å²) in [5.41, 5.74) is 0.341. The molecule has 0 bridgehead atoms. The van der Waals surface area contributed by atoms with Crippen LogP contribution in [0.2, 0.25) is 0 Å². The van der Waals surface area contributed by atoms with Crippen LogP contribution < -0.4 is 0 Å². The predicted molar refractivity (Wildman–Crippen MR) is 82.6 cm³/mol. The van der Waals surface area contributed by atoms with E-state index in [0.29, 0.717) is 5.92 Å². The van der Waals surface area contributed by atoms with Crippen LogP contribution in [0.1, 0.15) is 38.2 Å². The Hall–Kier alpha value is -1.00. The van der Waals surface area contributed by atoms with Crippen molar-refractivity contribution in [2.75, 3.05) is 19.6 Å². The lowest BCUT2D eigenvalue weighted by Gasteiger charge is -2.45. The van der Waals surface area contributed by atoms with Crippen LogP contribution in [0.25, 0.3) is 0 Å². The minimum Gasteiger partial charge on any atom is -0.389 e. The molecule has 122 valence electrons. The van der Waals surface area contributed by atoms with Gasteiger partial charge in [-0.15, -0.1) is 0 Å². The molecule has 1 saturated heterocycles. The summed E-state index contributed by atoms with van der Waals surface area (Å²) in [4.78, 5) is 2.29. The van der Waals surface area contributed by atoms with Crippen LogP contribution >= 0.6 is 0 Å². The van der Waals surface area contributed by atoms with Gasteiger partial charge >= 0.3 is 0 Å². The van der Waals surface area contributed by atoms with Gasteiger partial charge in [0.05, 0.1) is 5.60 Å². The monoisotopic (exact) mass is 309 g/mol. The van der Waals surface area contributed by atoms with Crippen molar-refractivity contribution in [3.05, 3.63) is 35.4 Å². The first-order valence-electron chi connectivity index (χ1n) is 8.32. The average molecular weight is 309 g/mol. The Morgan fingerprint density at radius 2 is 1.86 bits per heavy atom. The molecule has 1 heterocycles. The SMILES string of the molecule is CC1CCC(O)(CN2CC(Cc3ccc(F)c(F)c3)C2)CC1. The Bertz CT molecular complexity index is 520. The van der Waals surface area contributed by atoms with Crippen LogP contribution in [0.5, 0.6) is 0 Å². The minimum absolute atomic E-state index is 0.482. The van der Waals surface area contributed by atoms with Crippen LogP contribution in [-0.4, -0.2) is 35.2 Å². The van der Waals surface area contributed by atoms with Gasteiger partial charge in [0.1, 0.15) is 0 Å². The van der Waals surface area contributed by atoms with Gasteiger partial charge in [0.25, 0.3) is 0 Å². The highest BCUT2D eigenvalue weighted by atomic mass is 19.2. The molecular weight excluding hydrogens is 284 g/mol. The Morgan fingerprint density at radius 1 is 1.18 bits per heavy atom. The largest absolute Gasteiger partial charge is 0.389 e. The molecule has 1 aromatic carbocycles. The van der Waals surface area contributed by atoms with E-state index in [1.165, 1.54) is 12.1 Å². The van der Waals surface area contributed by atoms with Crippen molar-refractivity contribution in [2.24, 2.45) is 11.8 Å². The molecule has 1 aliphatic carbocycles. The van der Waals surface area contributed by atoms with Crippen molar-refractivity contribution in [1.29, 1.82) is 0 Å². The molecule has 0 amide bonds. The van der Waals surface area contributed by atoms with Gasteiger partial charge in [-0.2, -0.15) is 0 Å². The van der Waals surface area contributed by atoms with Crippen molar-refractivity contribution in [3.63, 3.8) is 0 Å². The van der Waals surface area contributed by atoms with Gasteiger partial charge in [-0.05, 0) is 61.6 Å². The average Bonchev–Trinajstić information content (AvgIpc) is 2.44. The van der Waals surface area contributed by atoms with Gasteiger partial charge in [-0.3, -0.25) is 4.90 Å². The second-order valence-corrected chi connectivity index (χ2v) is 7.42. The number of hydrogen-bond acceptors (Lipinski definition) is 2. The second kappa shape index (κ2) is 6.25. The molecule has 0 unspecified atom stereocenters. The lowest BCUT2D eigenvalue weighted by molar-refractivity contribution is -0.0595. The lowest BCUT2D eigenvalue weighted by atomic mass is 9.78. The van der Waals surface area contributed by atoms with Crippen molar-refractivity contribution in [1.82, 2.24) is 4.90 Å². The lowest BCUT2D eigenvalue weighted by Crippen LogP contribution is -2.55. The first kappa shape index (κ1) is 15.9. The smallest absolute Gasteiger partial charge is 0.159 e. The summed E-state index contributed by atoms with van der Waals surface area (Å²) in [6, 6.07) is 4.16. The number of halogens is 2. The molecule has 2 aliphatic rings. The fraction of sp³-hybridized carbons (Fsp3) is 0.667. The molecule has 2 nitrogen and oxygen atoms in total. The zero-order chi connectivity index (χ0) is 15.7. The summed E-state index contributed by atoms with van der Waals surface area (Å²) in [6.07, 6.45) is 4.81. The molecule has 3 rings (SSSR count). The van der Waals surface area contributed by atoms with Crippen LogP contribution in [0.15, 0.2) is 18.2 Å². The van der Waals surface area contributed by atoms with Gasteiger partial charge in [-0.25, -0.2) is 8.78 Å². The van der Waals surface area contributed by atoms with Crippen molar-refractivity contribution in [2.45, 2.75) is 44.6 Å². The number of aliphatic hydroxyl groups is 1. The van der Waals surface area contributed by atoms with E-state index in [9.17, 15) is 13.9 Å². The summed E-state index contributed by atoms with van der Waals surface area (Å²) in [7, 11) is 0. The quantitative estimate of drug-likeness (QED) is 0.921. The van der Waals surface area contributed by atoms with E-state index in [0.717, 1.165) is 63.2 Å². The van der Waals surface area contributed by atoms with Crippen LogP contribution in [-0.2, 0) is 6.42 Å². The van der Waals surface area contributed by atoms with Gasteiger partial charge in [0.2, 0.25) is 0 Å². The number of benzene rings is 1. The number of likely N-dealkylation sites (tertiary alicyclic amines) is 1. The van der Waals surface area contributed by atoms with E-state index < -0.39 is 17.2 Å². The molecule has 0 atom stereocenters. The van der Waals surface area contributed by atoms with Gasteiger partial charge in [-0.1, -0.05) is 13.0 Å². The van der Waals surface area contributed by atoms with Crippen LogP contribution in [0, 0.1) is 23.5 Å². The third-order valence-electron chi connectivity index (χ3n) is 5.26. The Balaban J connectivity index is 1.45. The molecule has 2 fully saturated rings. The first-order chi connectivity index (χ1) is 10.4. The molecule has 22 heavy (non-hydrogen) atoms. The zero-order valence-corrected chi connectivity index (χ0v) is 13.2. The normalized spacial score (nSPS) is 30.3. The van der Waals surface area contributed by atoms with E-state index in [1.807, 2.05) is 0 Å². The maximum atomic E-state index is 13.2. The third kappa shape index (κ3) is 3.66. The molecule has 1 saturated carbocycles. The van der Waals surface area contributed by atoms with E-state index in [2.05, 4.69) is 11.8 Å². The first-order valence-corrected chi connectivity index (χ1v) is 8.32. The topological polar surface area (TPSA) is 23.5 Å². The van der Waals surface area contributed by atoms with E-state index >= 15 is 0 Å². The molecular formula is C18H25F2NO. The van der Waals surface area contributed by atoms with Crippen molar-refractivity contribution < 1.29 is 13.9 Å². The van der Waals surface area contributed by atoms with Crippen LogP contribution in [0.4, 0.5) is 8.78 Å². The van der Waals surface area contributed by atoms with E-state index in [4.69, 9.17) is 0 Å². The third-order valence-corrected chi connectivity index (χ3v) is 5.26. The standard InChI is InChI=1S/C18H25F2NO/c1-13-4-6-18(22,7-5-13)12-21-10-15(11-21)8-14-2-3-16(19)17(20)9-14/h2-3,9,13,15,22H,4-8,10-12H2,1H3. The summed E-state index contributed by atoms with van der Waals surface area (Å²) in [6.45, 7) is 4.89. The maximum Gasteiger partial charge on any atom is 0.159 e. The Kier molecular flexibility index (Phi) is 4.51. The fourth-order valence-corrected chi connectivity index (χ4v) is 3.81. The van der Waals surface area contributed by atoms with Gasteiger partial charge in [0, 0.05) is 19.6 Å².